The van der Waals surface area contributed by atoms with E-state index in [0.717, 1.165) is 35.5 Å². The molecule has 1 atom stereocenters. The second-order valence-corrected chi connectivity index (χ2v) is 10.8. The predicted molar refractivity (Wildman–Crippen MR) is 163 cm³/mol. The summed E-state index contributed by atoms with van der Waals surface area (Å²) in [6.45, 7) is 5.83. The second kappa shape index (κ2) is 13.0. The van der Waals surface area contributed by atoms with Gasteiger partial charge in [0.15, 0.2) is 5.70 Å². The molecule has 224 valence electrons. The largest absolute Gasteiger partial charge is 0.492 e. The van der Waals surface area contributed by atoms with Gasteiger partial charge in [0.2, 0.25) is 0 Å². The molecule has 1 aromatic heterocycles. The van der Waals surface area contributed by atoms with Crippen molar-refractivity contribution in [3.05, 3.63) is 65.7 Å². The van der Waals surface area contributed by atoms with Crippen LogP contribution in [0.15, 0.2) is 60.0 Å². The zero-order valence-corrected chi connectivity index (χ0v) is 25.6. The third kappa shape index (κ3) is 6.03. The Morgan fingerprint density at radius 1 is 1.12 bits per heavy atom. The minimum absolute atomic E-state index is 0. The summed E-state index contributed by atoms with van der Waals surface area (Å²) in [6.07, 6.45) is 3.62. The molecule has 14 heteroatoms. The van der Waals surface area contributed by atoms with Crippen LogP contribution in [0, 0.1) is 0 Å². The molecule has 4 aliphatic rings. The van der Waals surface area contributed by atoms with E-state index < -0.39 is 11.9 Å². The fourth-order valence-corrected chi connectivity index (χ4v) is 6.67. The van der Waals surface area contributed by atoms with Crippen molar-refractivity contribution in [2.75, 3.05) is 62.4 Å². The van der Waals surface area contributed by atoms with Crippen LogP contribution in [0.4, 0.5) is 18.9 Å². The number of aromatic nitrogens is 1. The van der Waals surface area contributed by atoms with Gasteiger partial charge in [0.05, 0.1) is 31.1 Å². The standard InChI is InChI=1S/C27H29F3N5O2S.3ClH/c1-2-37-23-7-3-6-21-22(16-24(27(28,29)30)31-25(21)23)32-8-10-34(11-9-32)35-13-4-5-20(35)15-19(17-35)26(36)33-12-14-38-18-33;;;/h3-7,13,15-16H,2,8-12,14,17-18H2,1H3;3*1H/q+1;;;/t35-;;;/m1.../s1. The van der Waals surface area contributed by atoms with Crippen molar-refractivity contribution in [3.63, 3.8) is 0 Å². The summed E-state index contributed by atoms with van der Waals surface area (Å²) in [6, 6.07) is 6.41. The summed E-state index contributed by atoms with van der Waals surface area (Å²) in [4.78, 5) is 21.0. The van der Waals surface area contributed by atoms with Gasteiger partial charge in [0, 0.05) is 48.6 Å². The smallest absolute Gasteiger partial charge is 0.433 e. The highest BCUT2D eigenvalue weighted by Gasteiger charge is 2.48. The van der Waals surface area contributed by atoms with Crippen molar-refractivity contribution in [1.82, 2.24) is 14.9 Å². The van der Waals surface area contributed by atoms with Gasteiger partial charge in [0.1, 0.15) is 29.7 Å². The molecule has 0 N–H and O–H groups in total. The van der Waals surface area contributed by atoms with E-state index in [2.05, 4.69) is 16.2 Å². The summed E-state index contributed by atoms with van der Waals surface area (Å²) in [5, 5.41) is 2.95. The van der Waals surface area contributed by atoms with Gasteiger partial charge in [-0.3, -0.25) is 4.79 Å². The molecular weight excluding hydrogens is 622 g/mol. The topological polar surface area (TPSA) is 48.9 Å². The average molecular weight is 654 g/mol. The number of quaternary nitrogens is 1. The van der Waals surface area contributed by atoms with Crippen molar-refractivity contribution >= 4 is 71.5 Å². The quantitative estimate of drug-likeness (QED) is 0.389. The van der Waals surface area contributed by atoms with Crippen LogP contribution < -0.4 is 9.64 Å². The second-order valence-electron chi connectivity index (χ2n) is 9.74. The first-order valence-electron chi connectivity index (χ1n) is 12.8. The summed E-state index contributed by atoms with van der Waals surface area (Å²) in [5.41, 5.74) is 1.69. The Morgan fingerprint density at radius 2 is 1.88 bits per heavy atom. The minimum Gasteiger partial charge on any atom is -0.492 e. The lowest BCUT2D eigenvalue weighted by atomic mass is 10.1. The molecule has 1 amide bonds. The van der Waals surface area contributed by atoms with E-state index in [4.69, 9.17) is 4.74 Å². The van der Waals surface area contributed by atoms with Crippen LogP contribution in [-0.4, -0.2) is 82.9 Å². The number of hydrogen-bond donors (Lipinski definition) is 0. The number of piperazine rings is 1. The van der Waals surface area contributed by atoms with E-state index in [1.807, 2.05) is 28.0 Å². The lowest BCUT2D eigenvalue weighted by molar-refractivity contribution is -0.948. The molecule has 2 aromatic rings. The SMILES string of the molecule is CCOc1cccc2c(N3CCN([N@@+]45C=CC=C4C=C(C(=O)N4CCSC4)C5)CC3)cc(C(F)(F)F)nc12.Cl.Cl.Cl. The molecule has 5 heterocycles. The number of thioether (sulfide) groups is 1. The summed E-state index contributed by atoms with van der Waals surface area (Å²) >= 11 is 1.77. The Morgan fingerprint density at radius 3 is 2.54 bits per heavy atom. The summed E-state index contributed by atoms with van der Waals surface area (Å²) < 4.78 is 47.6. The number of allylic oxidation sites excluding steroid dienone is 3. The number of alkyl halides is 3. The van der Waals surface area contributed by atoms with E-state index >= 15 is 0 Å². The van der Waals surface area contributed by atoms with Crippen LogP contribution in [0.1, 0.15) is 12.6 Å². The van der Waals surface area contributed by atoms with Gasteiger partial charge in [-0.2, -0.15) is 17.8 Å². The number of amides is 1. The zero-order chi connectivity index (χ0) is 26.5. The number of benzene rings is 1. The minimum atomic E-state index is -4.57. The molecule has 0 radical (unpaired) electrons. The van der Waals surface area contributed by atoms with Gasteiger partial charge < -0.3 is 14.5 Å². The van der Waals surface area contributed by atoms with Crippen molar-refractivity contribution in [3.8, 4) is 5.75 Å². The number of halogens is 6. The van der Waals surface area contributed by atoms with Crippen molar-refractivity contribution in [2.45, 2.75) is 13.1 Å². The maximum Gasteiger partial charge on any atom is 0.433 e. The maximum absolute atomic E-state index is 13.8. The third-order valence-corrected chi connectivity index (χ3v) is 8.53. The molecule has 0 aliphatic carbocycles. The van der Waals surface area contributed by atoms with Gasteiger partial charge in [-0.1, -0.05) is 12.1 Å². The number of fused-ring (bicyclic) bond motifs is 2. The number of carbonyl (C=O) groups is 1. The molecule has 4 aliphatic heterocycles. The molecule has 0 spiro atoms. The van der Waals surface area contributed by atoms with Crippen molar-refractivity contribution < 1.29 is 27.3 Å². The van der Waals surface area contributed by atoms with Crippen LogP contribution in [0.2, 0.25) is 0 Å². The number of ether oxygens (including phenoxy) is 1. The van der Waals surface area contributed by atoms with E-state index in [1.54, 1.807) is 36.9 Å². The number of anilines is 1. The molecule has 7 nitrogen and oxygen atoms in total. The van der Waals surface area contributed by atoms with Crippen LogP contribution >= 0.6 is 49.0 Å². The molecule has 6 rings (SSSR count). The van der Waals surface area contributed by atoms with E-state index in [9.17, 15) is 18.0 Å². The molecule has 2 saturated heterocycles. The highest BCUT2D eigenvalue weighted by molar-refractivity contribution is 7.99. The van der Waals surface area contributed by atoms with E-state index in [-0.39, 0.29) is 48.6 Å². The fourth-order valence-electron chi connectivity index (χ4n) is 5.73. The van der Waals surface area contributed by atoms with Gasteiger partial charge in [-0.05, 0) is 25.1 Å². The van der Waals surface area contributed by atoms with Gasteiger partial charge in [-0.25, -0.2) is 4.98 Å². The number of rotatable bonds is 5. The molecule has 0 saturated carbocycles. The van der Waals surface area contributed by atoms with Gasteiger partial charge in [-0.15, -0.1) is 54.0 Å². The molecule has 0 unspecified atom stereocenters. The van der Waals surface area contributed by atoms with Gasteiger partial charge >= 0.3 is 6.18 Å². The lowest BCUT2D eigenvalue weighted by Crippen LogP contribution is -2.60. The first kappa shape index (κ1) is 33.4. The number of nitrogens with zero attached hydrogens (tertiary/aromatic N) is 5. The first-order chi connectivity index (χ1) is 18.3. The number of pyridine rings is 1. The van der Waals surface area contributed by atoms with Crippen LogP contribution in [0.3, 0.4) is 0 Å². The molecule has 41 heavy (non-hydrogen) atoms. The Hall–Kier alpha value is -2.15. The molecule has 0 bridgehead atoms. The average Bonchev–Trinajstić information content (AvgIpc) is 3.65. The Balaban J connectivity index is 0.00000154. The molecule has 2 fully saturated rings. The summed E-state index contributed by atoms with van der Waals surface area (Å²) in [5.74, 6) is 2.15. The third-order valence-electron chi connectivity index (χ3n) is 7.57. The molecular formula is C27H32Cl3F3N5O2S+. The number of hydrogen-bond acceptors (Lipinski definition) is 6. The summed E-state index contributed by atoms with van der Waals surface area (Å²) in [7, 11) is 0. The number of para-hydroxylation sites is 1. The van der Waals surface area contributed by atoms with Crippen LogP contribution in [-0.2, 0) is 11.0 Å². The van der Waals surface area contributed by atoms with Crippen molar-refractivity contribution in [2.24, 2.45) is 0 Å². The normalized spacial score (nSPS) is 22.0. The highest BCUT2D eigenvalue weighted by Crippen LogP contribution is 2.40. The Kier molecular flexibility index (Phi) is 10.6. The van der Waals surface area contributed by atoms with Crippen LogP contribution in [0.25, 0.3) is 10.9 Å². The maximum atomic E-state index is 13.8. The van der Waals surface area contributed by atoms with Crippen molar-refractivity contribution in [1.29, 1.82) is 0 Å². The zero-order valence-electron chi connectivity index (χ0n) is 22.3. The predicted octanol–water partition coefficient (Wildman–Crippen LogP) is 5.66. The Bertz CT molecular complexity index is 1380. The number of carbonyl (C=O) groups excluding carboxylic acids is 1. The van der Waals surface area contributed by atoms with E-state index in [1.165, 1.54) is 0 Å². The van der Waals surface area contributed by atoms with Crippen LogP contribution in [0.5, 0.6) is 5.75 Å². The van der Waals surface area contributed by atoms with Gasteiger partial charge in [0.25, 0.3) is 5.91 Å². The Labute approximate surface area is 259 Å². The first-order valence-corrected chi connectivity index (χ1v) is 14.0. The molecule has 1 aromatic carbocycles. The fraction of sp³-hybridized carbons (Fsp3) is 0.407. The monoisotopic (exact) mass is 652 g/mol. The lowest BCUT2D eigenvalue weighted by Gasteiger charge is -2.44. The van der Waals surface area contributed by atoms with E-state index in [0.29, 0.717) is 60.7 Å². The highest BCUT2D eigenvalue weighted by atomic mass is 35.5.